The molecule has 1 aliphatic rings. The highest BCUT2D eigenvalue weighted by molar-refractivity contribution is 5.80. The summed E-state index contributed by atoms with van der Waals surface area (Å²) in [7, 11) is 0. The van der Waals surface area contributed by atoms with Crippen LogP contribution in [0.1, 0.15) is 25.3 Å². The third-order valence-corrected chi connectivity index (χ3v) is 4.00. The summed E-state index contributed by atoms with van der Waals surface area (Å²) >= 11 is 0. The Morgan fingerprint density at radius 1 is 1.30 bits per heavy atom. The number of hydrogen-bond donors (Lipinski definition) is 0. The summed E-state index contributed by atoms with van der Waals surface area (Å²) < 4.78 is 5.00. The van der Waals surface area contributed by atoms with Gasteiger partial charge in [-0.25, -0.2) is 0 Å². The van der Waals surface area contributed by atoms with E-state index in [0.717, 1.165) is 0 Å². The third-order valence-electron chi connectivity index (χ3n) is 4.00. The molecule has 0 spiro atoms. The van der Waals surface area contributed by atoms with Crippen LogP contribution in [-0.2, 0) is 20.7 Å². The van der Waals surface area contributed by atoms with Crippen molar-refractivity contribution in [3.8, 4) is 0 Å². The summed E-state index contributed by atoms with van der Waals surface area (Å²) in [6.07, 6.45) is 1.14. The molecule has 1 aromatic rings. The predicted molar refractivity (Wildman–Crippen MR) is 82.7 cm³/mol. The molecule has 124 valence electrons. The van der Waals surface area contributed by atoms with E-state index in [2.05, 4.69) is 0 Å². The molecule has 0 radical (unpaired) electrons. The SMILES string of the molecule is CCOC(=O)C1CCN(C(=O)Cc2ccccc2[N+](=O)[O-])CC1. The third kappa shape index (κ3) is 4.28. The number of amides is 1. The summed E-state index contributed by atoms with van der Waals surface area (Å²) in [6.45, 7) is 3.07. The number of nitrogens with zero attached hydrogens (tertiary/aromatic N) is 2. The molecule has 7 nitrogen and oxygen atoms in total. The second kappa shape index (κ2) is 7.71. The molecule has 1 heterocycles. The Balaban J connectivity index is 1.93. The van der Waals surface area contributed by atoms with E-state index >= 15 is 0 Å². The lowest BCUT2D eigenvalue weighted by atomic mass is 9.96. The lowest BCUT2D eigenvalue weighted by Crippen LogP contribution is -2.41. The van der Waals surface area contributed by atoms with E-state index in [1.807, 2.05) is 0 Å². The number of carbonyl (C=O) groups excluding carboxylic acids is 2. The number of esters is 1. The van der Waals surface area contributed by atoms with Gasteiger partial charge in [-0.2, -0.15) is 0 Å². The number of benzene rings is 1. The standard InChI is InChI=1S/C16H20N2O5/c1-2-23-16(20)12-7-9-17(10-8-12)15(19)11-13-5-3-4-6-14(13)18(21)22/h3-6,12H,2,7-11H2,1H3. The summed E-state index contributed by atoms with van der Waals surface area (Å²) in [6, 6.07) is 6.26. The van der Waals surface area contributed by atoms with Crippen molar-refractivity contribution in [1.82, 2.24) is 4.90 Å². The fourth-order valence-corrected chi connectivity index (χ4v) is 2.74. The first-order valence-corrected chi connectivity index (χ1v) is 7.69. The Kier molecular flexibility index (Phi) is 5.67. The molecule has 0 aliphatic carbocycles. The van der Waals surface area contributed by atoms with E-state index in [4.69, 9.17) is 4.74 Å². The van der Waals surface area contributed by atoms with Gasteiger partial charge in [-0.3, -0.25) is 19.7 Å². The molecule has 0 atom stereocenters. The molecule has 1 aromatic carbocycles. The fourth-order valence-electron chi connectivity index (χ4n) is 2.74. The first kappa shape index (κ1) is 16.9. The number of likely N-dealkylation sites (tertiary alicyclic amines) is 1. The van der Waals surface area contributed by atoms with E-state index in [-0.39, 0.29) is 29.9 Å². The van der Waals surface area contributed by atoms with E-state index < -0.39 is 4.92 Å². The van der Waals surface area contributed by atoms with E-state index in [1.54, 1.807) is 30.0 Å². The molecule has 1 amide bonds. The minimum absolute atomic E-state index is 0.00122. The number of rotatable bonds is 5. The number of ether oxygens (including phenoxy) is 1. The van der Waals surface area contributed by atoms with Crippen LogP contribution < -0.4 is 0 Å². The summed E-state index contributed by atoms with van der Waals surface area (Å²) in [5.74, 6) is -0.523. The van der Waals surface area contributed by atoms with Crippen molar-refractivity contribution >= 4 is 17.6 Å². The van der Waals surface area contributed by atoms with Gasteiger partial charge in [-0.1, -0.05) is 18.2 Å². The minimum Gasteiger partial charge on any atom is -0.466 e. The van der Waals surface area contributed by atoms with Gasteiger partial charge < -0.3 is 9.64 Å². The molecule has 1 aliphatic heterocycles. The summed E-state index contributed by atoms with van der Waals surface area (Å²) in [4.78, 5) is 36.2. The van der Waals surface area contributed by atoms with Gasteiger partial charge >= 0.3 is 5.97 Å². The molecule has 1 saturated heterocycles. The summed E-state index contributed by atoms with van der Waals surface area (Å²) in [5, 5.41) is 11.0. The molecular formula is C16H20N2O5. The Morgan fingerprint density at radius 2 is 1.96 bits per heavy atom. The maximum absolute atomic E-state index is 12.3. The van der Waals surface area contributed by atoms with Gasteiger partial charge in [0.15, 0.2) is 0 Å². The minimum atomic E-state index is -0.477. The zero-order valence-electron chi connectivity index (χ0n) is 13.1. The monoisotopic (exact) mass is 320 g/mol. The van der Waals surface area contributed by atoms with E-state index in [0.29, 0.717) is 38.1 Å². The van der Waals surface area contributed by atoms with Crippen molar-refractivity contribution in [3.05, 3.63) is 39.9 Å². The van der Waals surface area contributed by atoms with Crippen LogP contribution in [0, 0.1) is 16.0 Å². The molecule has 0 N–H and O–H groups in total. The van der Waals surface area contributed by atoms with Crippen LogP contribution in [-0.4, -0.2) is 41.4 Å². The Labute approximate surface area is 134 Å². The average Bonchev–Trinajstić information content (AvgIpc) is 2.55. The van der Waals surface area contributed by atoms with Gasteiger partial charge in [0.25, 0.3) is 5.69 Å². The van der Waals surface area contributed by atoms with Gasteiger partial charge in [0.1, 0.15) is 0 Å². The fraction of sp³-hybridized carbons (Fsp3) is 0.500. The highest BCUT2D eigenvalue weighted by atomic mass is 16.6. The quantitative estimate of drug-likeness (QED) is 0.470. The van der Waals surface area contributed by atoms with Crippen molar-refractivity contribution in [1.29, 1.82) is 0 Å². The largest absolute Gasteiger partial charge is 0.466 e. The highest BCUT2D eigenvalue weighted by Crippen LogP contribution is 2.22. The van der Waals surface area contributed by atoms with Gasteiger partial charge in [-0.15, -0.1) is 0 Å². The summed E-state index contributed by atoms with van der Waals surface area (Å²) in [5.41, 5.74) is 0.372. The van der Waals surface area contributed by atoms with Crippen LogP contribution in [0.4, 0.5) is 5.69 Å². The Bertz CT molecular complexity index is 594. The second-order valence-electron chi connectivity index (χ2n) is 5.47. The molecule has 0 bridgehead atoms. The molecule has 0 unspecified atom stereocenters. The van der Waals surface area contributed by atoms with Crippen molar-refractivity contribution in [2.45, 2.75) is 26.2 Å². The van der Waals surface area contributed by atoms with E-state index in [1.165, 1.54) is 6.07 Å². The van der Waals surface area contributed by atoms with E-state index in [9.17, 15) is 19.7 Å². The number of piperidine rings is 1. The van der Waals surface area contributed by atoms with Crippen LogP contribution in [0.25, 0.3) is 0 Å². The highest BCUT2D eigenvalue weighted by Gasteiger charge is 2.28. The molecule has 0 saturated carbocycles. The number of nitro groups is 1. The molecule has 7 heteroatoms. The molecule has 2 rings (SSSR count). The molecular weight excluding hydrogens is 300 g/mol. The Morgan fingerprint density at radius 3 is 2.57 bits per heavy atom. The number of para-hydroxylation sites is 1. The first-order chi connectivity index (χ1) is 11.0. The van der Waals surface area contributed by atoms with Gasteiger partial charge in [0.2, 0.25) is 5.91 Å². The molecule has 0 aromatic heterocycles. The van der Waals surface area contributed by atoms with Crippen LogP contribution in [0.5, 0.6) is 0 Å². The topological polar surface area (TPSA) is 89.8 Å². The van der Waals surface area contributed by atoms with Gasteiger partial charge in [-0.05, 0) is 19.8 Å². The zero-order valence-corrected chi connectivity index (χ0v) is 13.1. The maximum Gasteiger partial charge on any atom is 0.309 e. The number of carbonyl (C=O) groups is 2. The van der Waals surface area contributed by atoms with Crippen molar-refractivity contribution < 1.29 is 19.2 Å². The molecule has 23 heavy (non-hydrogen) atoms. The lowest BCUT2D eigenvalue weighted by Gasteiger charge is -2.31. The number of nitro benzene ring substituents is 1. The van der Waals surface area contributed by atoms with Gasteiger partial charge in [0.05, 0.1) is 23.9 Å². The normalized spacial score (nSPS) is 15.3. The second-order valence-corrected chi connectivity index (χ2v) is 5.47. The lowest BCUT2D eigenvalue weighted by molar-refractivity contribution is -0.385. The van der Waals surface area contributed by atoms with Crippen molar-refractivity contribution in [2.24, 2.45) is 5.92 Å². The number of hydrogen-bond acceptors (Lipinski definition) is 5. The smallest absolute Gasteiger partial charge is 0.309 e. The van der Waals surface area contributed by atoms with Crippen molar-refractivity contribution in [2.75, 3.05) is 19.7 Å². The Hall–Kier alpha value is -2.44. The van der Waals surface area contributed by atoms with Crippen LogP contribution in [0.3, 0.4) is 0 Å². The van der Waals surface area contributed by atoms with Gasteiger partial charge in [0, 0.05) is 24.7 Å². The van der Waals surface area contributed by atoms with Crippen LogP contribution >= 0.6 is 0 Å². The van der Waals surface area contributed by atoms with Crippen LogP contribution in [0.15, 0.2) is 24.3 Å². The van der Waals surface area contributed by atoms with Crippen molar-refractivity contribution in [3.63, 3.8) is 0 Å². The van der Waals surface area contributed by atoms with Crippen LogP contribution in [0.2, 0.25) is 0 Å². The maximum atomic E-state index is 12.3. The molecule has 1 fully saturated rings. The zero-order chi connectivity index (χ0) is 16.8. The first-order valence-electron chi connectivity index (χ1n) is 7.69. The average molecular weight is 320 g/mol. The predicted octanol–water partition coefficient (Wildman–Crippen LogP) is 1.94.